The van der Waals surface area contributed by atoms with Gasteiger partial charge < -0.3 is 20.1 Å². The normalized spacial score (nSPS) is 15.1. The van der Waals surface area contributed by atoms with Crippen LogP contribution in [0.5, 0.6) is 0 Å². The maximum atomic E-state index is 12.4. The third-order valence-corrected chi connectivity index (χ3v) is 5.63. The zero-order valence-electron chi connectivity index (χ0n) is 16.4. The quantitative estimate of drug-likeness (QED) is 0.686. The molecule has 3 aromatic rings. The number of benzene rings is 2. The number of carbonyl (C=O) groups is 1. The minimum absolute atomic E-state index is 0.0505. The van der Waals surface area contributed by atoms with E-state index in [-0.39, 0.29) is 5.91 Å². The van der Waals surface area contributed by atoms with Gasteiger partial charge >= 0.3 is 0 Å². The summed E-state index contributed by atoms with van der Waals surface area (Å²) in [6.07, 6.45) is 3.21. The second kappa shape index (κ2) is 8.48. The van der Waals surface area contributed by atoms with E-state index in [1.165, 1.54) is 16.6 Å². The molecule has 0 aliphatic carbocycles. The van der Waals surface area contributed by atoms with Crippen molar-refractivity contribution in [3.8, 4) is 0 Å². The van der Waals surface area contributed by atoms with Crippen molar-refractivity contribution < 1.29 is 4.79 Å². The Balaban J connectivity index is 1.30. The molecule has 4 rings (SSSR count). The minimum Gasteiger partial charge on any atom is -0.369 e. The van der Waals surface area contributed by atoms with Crippen LogP contribution in [-0.4, -0.2) is 48.5 Å². The summed E-state index contributed by atoms with van der Waals surface area (Å²) in [6.45, 7) is 7.68. The number of rotatable bonds is 6. The molecule has 1 fully saturated rings. The topological polar surface area (TPSA) is 51.4 Å². The predicted molar refractivity (Wildman–Crippen MR) is 116 cm³/mol. The first-order valence-corrected chi connectivity index (χ1v) is 10.1. The summed E-state index contributed by atoms with van der Waals surface area (Å²) in [7, 11) is 0. The molecule has 28 heavy (non-hydrogen) atoms. The molecule has 146 valence electrons. The van der Waals surface area contributed by atoms with Crippen LogP contribution in [-0.2, 0) is 11.2 Å². The largest absolute Gasteiger partial charge is 0.369 e. The lowest BCUT2D eigenvalue weighted by atomic mass is 10.1. The van der Waals surface area contributed by atoms with Gasteiger partial charge in [-0.25, -0.2) is 0 Å². The number of fused-ring (bicyclic) bond motifs is 1. The van der Waals surface area contributed by atoms with Crippen LogP contribution in [0.3, 0.4) is 0 Å². The molecule has 2 heterocycles. The molecular formula is C23H28N4O. The summed E-state index contributed by atoms with van der Waals surface area (Å²) in [5.74, 6) is 0.0505. The number of anilines is 2. The third kappa shape index (κ3) is 4.20. The van der Waals surface area contributed by atoms with Crippen LogP contribution in [0, 0.1) is 0 Å². The van der Waals surface area contributed by atoms with E-state index >= 15 is 0 Å². The van der Waals surface area contributed by atoms with Gasteiger partial charge in [-0.05, 0) is 48.9 Å². The smallest absolute Gasteiger partial charge is 0.224 e. The average Bonchev–Trinajstić information content (AvgIpc) is 3.16. The predicted octanol–water partition coefficient (Wildman–Crippen LogP) is 3.88. The number of hydrogen-bond acceptors (Lipinski definition) is 3. The van der Waals surface area contributed by atoms with Gasteiger partial charge in [0.1, 0.15) is 0 Å². The van der Waals surface area contributed by atoms with Crippen LogP contribution in [0.15, 0.2) is 54.7 Å². The van der Waals surface area contributed by atoms with Gasteiger partial charge in [0.2, 0.25) is 5.91 Å². The lowest BCUT2D eigenvalue weighted by Gasteiger charge is -2.35. The molecule has 2 N–H and O–H groups in total. The second-order valence-electron chi connectivity index (χ2n) is 7.38. The number of para-hydroxylation sites is 1. The van der Waals surface area contributed by atoms with Crippen molar-refractivity contribution in [1.82, 2.24) is 9.88 Å². The Kier molecular flexibility index (Phi) is 5.63. The number of likely N-dealkylation sites (N-methyl/N-ethyl adjacent to an activating group) is 1. The van der Waals surface area contributed by atoms with Crippen LogP contribution >= 0.6 is 0 Å². The average molecular weight is 377 g/mol. The lowest BCUT2D eigenvalue weighted by Crippen LogP contribution is -2.46. The van der Waals surface area contributed by atoms with E-state index in [2.05, 4.69) is 51.3 Å². The van der Waals surface area contributed by atoms with Gasteiger partial charge in [0, 0.05) is 61.1 Å². The fourth-order valence-electron chi connectivity index (χ4n) is 3.89. The number of carbonyl (C=O) groups excluding carboxylic acids is 1. The van der Waals surface area contributed by atoms with Gasteiger partial charge in [0.05, 0.1) is 0 Å². The summed E-state index contributed by atoms with van der Waals surface area (Å²) in [6, 6.07) is 16.4. The fourth-order valence-corrected chi connectivity index (χ4v) is 3.89. The van der Waals surface area contributed by atoms with Crippen molar-refractivity contribution in [2.45, 2.75) is 19.8 Å². The van der Waals surface area contributed by atoms with Crippen molar-refractivity contribution >= 4 is 28.2 Å². The summed E-state index contributed by atoms with van der Waals surface area (Å²) >= 11 is 0. The molecule has 1 aliphatic rings. The number of aromatic nitrogens is 1. The first-order chi connectivity index (χ1) is 13.7. The number of nitrogens with zero attached hydrogens (tertiary/aromatic N) is 2. The molecule has 1 aromatic heterocycles. The highest BCUT2D eigenvalue weighted by Crippen LogP contribution is 2.21. The zero-order valence-corrected chi connectivity index (χ0v) is 16.4. The highest BCUT2D eigenvalue weighted by Gasteiger charge is 2.15. The van der Waals surface area contributed by atoms with Crippen LogP contribution in [0.2, 0.25) is 0 Å². The Morgan fingerprint density at radius 3 is 2.54 bits per heavy atom. The van der Waals surface area contributed by atoms with Gasteiger partial charge in [-0.1, -0.05) is 25.1 Å². The Labute approximate surface area is 166 Å². The van der Waals surface area contributed by atoms with Crippen molar-refractivity contribution in [2.24, 2.45) is 0 Å². The molecule has 0 bridgehead atoms. The van der Waals surface area contributed by atoms with Crippen LogP contribution in [0.4, 0.5) is 11.4 Å². The van der Waals surface area contributed by atoms with E-state index in [0.717, 1.165) is 50.3 Å². The van der Waals surface area contributed by atoms with E-state index in [9.17, 15) is 4.79 Å². The second-order valence-corrected chi connectivity index (χ2v) is 7.38. The van der Waals surface area contributed by atoms with Crippen LogP contribution in [0.25, 0.3) is 10.9 Å². The highest BCUT2D eigenvalue weighted by molar-refractivity contribution is 5.91. The molecule has 0 atom stereocenters. The molecular weight excluding hydrogens is 348 g/mol. The van der Waals surface area contributed by atoms with Gasteiger partial charge in [0.25, 0.3) is 0 Å². The maximum Gasteiger partial charge on any atom is 0.224 e. The third-order valence-electron chi connectivity index (χ3n) is 5.63. The lowest BCUT2D eigenvalue weighted by molar-refractivity contribution is -0.116. The van der Waals surface area contributed by atoms with E-state index in [4.69, 9.17) is 0 Å². The SMILES string of the molecule is CCN1CCN(c2ccc(NC(=O)CCc3c[nH]c4ccccc34)cc2)CC1. The Morgan fingerprint density at radius 1 is 1.04 bits per heavy atom. The van der Waals surface area contributed by atoms with E-state index in [1.54, 1.807) is 0 Å². The summed E-state index contributed by atoms with van der Waals surface area (Å²) in [5.41, 5.74) is 4.40. The molecule has 1 aliphatic heterocycles. The molecule has 5 heteroatoms. The van der Waals surface area contributed by atoms with E-state index < -0.39 is 0 Å². The molecule has 2 aromatic carbocycles. The molecule has 0 unspecified atom stereocenters. The number of nitrogens with one attached hydrogen (secondary N) is 2. The number of hydrogen-bond donors (Lipinski definition) is 2. The van der Waals surface area contributed by atoms with Gasteiger partial charge in [-0.15, -0.1) is 0 Å². The molecule has 0 spiro atoms. The summed E-state index contributed by atoms with van der Waals surface area (Å²) in [4.78, 5) is 20.5. The van der Waals surface area contributed by atoms with Crippen molar-refractivity contribution in [2.75, 3.05) is 42.9 Å². The van der Waals surface area contributed by atoms with Crippen molar-refractivity contribution in [1.29, 1.82) is 0 Å². The Bertz CT molecular complexity index is 923. The molecule has 1 amide bonds. The molecule has 5 nitrogen and oxygen atoms in total. The fraction of sp³-hybridized carbons (Fsp3) is 0.348. The Morgan fingerprint density at radius 2 is 1.79 bits per heavy atom. The highest BCUT2D eigenvalue weighted by atomic mass is 16.1. The first kappa shape index (κ1) is 18.6. The monoisotopic (exact) mass is 376 g/mol. The van der Waals surface area contributed by atoms with Crippen LogP contribution < -0.4 is 10.2 Å². The Hall–Kier alpha value is -2.79. The standard InChI is InChI=1S/C23H28N4O/c1-2-26-13-15-27(16-14-26)20-10-8-19(9-11-20)25-23(28)12-7-18-17-24-22-6-4-3-5-21(18)22/h3-6,8-11,17,24H,2,7,12-16H2,1H3,(H,25,28). The molecule has 0 radical (unpaired) electrons. The number of aromatic amines is 1. The zero-order chi connectivity index (χ0) is 19.3. The summed E-state index contributed by atoms with van der Waals surface area (Å²) < 4.78 is 0. The first-order valence-electron chi connectivity index (χ1n) is 10.1. The van der Waals surface area contributed by atoms with E-state index in [0.29, 0.717) is 6.42 Å². The van der Waals surface area contributed by atoms with Gasteiger partial charge in [-0.2, -0.15) is 0 Å². The van der Waals surface area contributed by atoms with Gasteiger partial charge in [0.15, 0.2) is 0 Å². The number of aryl methyl sites for hydroxylation is 1. The van der Waals surface area contributed by atoms with Crippen molar-refractivity contribution in [3.05, 3.63) is 60.3 Å². The number of amides is 1. The minimum atomic E-state index is 0.0505. The van der Waals surface area contributed by atoms with E-state index in [1.807, 2.05) is 30.5 Å². The van der Waals surface area contributed by atoms with Crippen LogP contribution in [0.1, 0.15) is 18.9 Å². The summed E-state index contributed by atoms with van der Waals surface area (Å²) in [5, 5.41) is 4.22. The number of H-pyrrole nitrogens is 1. The van der Waals surface area contributed by atoms with Gasteiger partial charge in [-0.3, -0.25) is 4.79 Å². The molecule has 1 saturated heterocycles. The maximum absolute atomic E-state index is 12.4. The number of piperazine rings is 1. The molecule has 0 saturated carbocycles. The van der Waals surface area contributed by atoms with Crippen molar-refractivity contribution in [3.63, 3.8) is 0 Å².